The standard InChI is InChI=1S/C16H22F2N2O/c1-11(16-13(17)7-4-8-14(16)18)19-10-9-15(21)20-12-5-2-3-6-12/h4,7-8,11-12,19H,2-3,5-6,9-10H2,1H3,(H,20,21)/t11-/m1/s1. The van der Waals surface area contributed by atoms with Crippen molar-refractivity contribution in [1.29, 1.82) is 0 Å². The summed E-state index contributed by atoms with van der Waals surface area (Å²) in [5, 5.41) is 5.98. The van der Waals surface area contributed by atoms with Crippen molar-refractivity contribution >= 4 is 5.91 Å². The average Bonchev–Trinajstić information content (AvgIpc) is 2.91. The predicted octanol–water partition coefficient (Wildman–Crippen LogP) is 3.06. The fourth-order valence-corrected chi connectivity index (χ4v) is 2.80. The van der Waals surface area contributed by atoms with Gasteiger partial charge in [-0.25, -0.2) is 8.78 Å². The maximum atomic E-state index is 13.6. The molecular formula is C16H22F2N2O. The lowest BCUT2D eigenvalue weighted by Crippen LogP contribution is -2.35. The Morgan fingerprint density at radius 3 is 2.52 bits per heavy atom. The second-order valence-electron chi connectivity index (χ2n) is 5.61. The molecule has 3 nitrogen and oxygen atoms in total. The van der Waals surface area contributed by atoms with E-state index in [4.69, 9.17) is 0 Å². The zero-order chi connectivity index (χ0) is 15.2. The van der Waals surface area contributed by atoms with E-state index in [-0.39, 0.29) is 11.5 Å². The molecule has 1 aromatic carbocycles. The van der Waals surface area contributed by atoms with Crippen molar-refractivity contribution in [3.8, 4) is 0 Å². The molecule has 2 rings (SSSR count). The quantitative estimate of drug-likeness (QED) is 0.847. The molecule has 1 aliphatic carbocycles. The molecule has 0 heterocycles. The number of carbonyl (C=O) groups excluding carboxylic acids is 1. The van der Waals surface area contributed by atoms with Crippen molar-refractivity contribution in [2.24, 2.45) is 0 Å². The first-order valence-electron chi connectivity index (χ1n) is 7.54. The summed E-state index contributed by atoms with van der Waals surface area (Å²) in [6.45, 7) is 2.09. The lowest BCUT2D eigenvalue weighted by atomic mass is 10.1. The fourth-order valence-electron chi connectivity index (χ4n) is 2.80. The molecule has 5 heteroatoms. The topological polar surface area (TPSA) is 41.1 Å². The van der Waals surface area contributed by atoms with E-state index in [2.05, 4.69) is 10.6 Å². The third-order valence-electron chi connectivity index (χ3n) is 3.96. The number of hydrogen-bond donors (Lipinski definition) is 2. The van der Waals surface area contributed by atoms with Gasteiger partial charge in [0.15, 0.2) is 0 Å². The molecule has 0 spiro atoms. The first kappa shape index (κ1) is 15.9. The molecule has 0 unspecified atom stereocenters. The number of halogens is 2. The van der Waals surface area contributed by atoms with Crippen LogP contribution in [0.3, 0.4) is 0 Å². The monoisotopic (exact) mass is 296 g/mol. The Morgan fingerprint density at radius 1 is 1.29 bits per heavy atom. The molecule has 0 aromatic heterocycles. The molecule has 1 atom stereocenters. The highest BCUT2D eigenvalue weighted by molar-refractivity contribution is 5.76. The molecule has 1 amide bonds. The van der Waals surface area contributed by atoms with Crippen LogP contribution in [-0.4, -0.2) is 18.5 Å². The summed E-state index contributed by atoms with van der Waals surface area (Å²) < 4.78 is 27.2. The maximum absolute atomic E-state index is 13.6. The summed E-state index contributed by atoms with van der Waals surface area (Å²) in [6, 6.07) is 3.66. The highest BCUT2D eigenvalue weighted by Crippen LogP contribution is 2.20. The Hall–Kier alpha value is -1.49. The van der Waals surface area contributed by atoms with E-state index < -0.39 is 17.7 Å². The molecule has 1 saturated carbocycles. The molecule has 21 heavy (non-hydrogen) atoms. The lowest BCUT2D eigenvalue weighted by Gasteiger charge is -2.16. The first-order valence-corrected chi connectivity index (χ1v) is 7.54. The van der Waals surface area contributed by atoms with Gasteiger partial charge < -0.3 is 10.6 Å². The van der Waals surface area contributed by atoms with E-state index >= 15 is 0 Å². The fraction of sp³-hybridized carbons (Fsp3) is 0.562. The van der Waals surface area contributed by atoms with Gasteiger partial charge in [0.1, 0.15) is 11.6 Å². The van der Waals surface area contributed by atoms with Crippen molar-refractivity contribution < 1.29 is 13.6 Å². The molecule has 2 N–H and O–H groups in total. The number of benzene rings is 1. The molecule has 1 aromatic rings. The Labute approximate surface area is 124 Å². The summed E-state index contributed by atoms with van der Waals surface area (Å²) in [7, 11) is 0. The second-order valence-corrected chi connectivity index (χ2v) is 5.61. The molecule has 0 aliphatic heterocycles. The van der Waals surface area contributed by atoms with E-state index in [1.54, 1.807) is 6.92 Å². The third-order valence-corrected chi connectivity index (χ3v) is 3.96. The Balaban J connectivity index is 1.76. The van der Waals surface area contributed by atoms with Crippen LogP contribution in [0.2, 0.25) is 0 Å². The first-order chi connectivity index (χ1) is 10.1. The Bertz CT molecular complexity index is 467. The number of carbonyl (C=O) groups is 1. The summed E-state index contributed by atoms with van der Waals surface area (Å²) in [5.74, 6) is -1.13. The van der Waals surface area contributed by atoms with Gasteiger partial charge in [-0.3, -0.25) is 4.79 Å². The maximum Gasteiger partial charge on any atom is 0.221 e. The minimum absolute atomic E-state index is 0.00407. The molecule has 0 radical (unpaired) electrons. The molecule has 0 bridgehead atoms. The van der Waals surface area contributed by atoms with Gasteiger partial charge in [0.05, 0.1) is 0 Å². The Kier molecular flexibility index (Phi) is 5.67. The largest absolute Gasteiger partial charge is 0.353 e. The van der Waals surface area contributed by atoms with Crippen LogP contribution in [0.4, 0.5) is 8.78 Å². The van der Waals surface area contributed by atoms with Crippen LogP contribution in [0.15, 0.2) is 18.2 Å². The summed E-state index contributed by atoms with van der Waals surface area (Å²) in [6.07, 6.45) is 4.77. The van der Waals surface area contributed by atoms with Gasteiger partial charge in [0.2, 0.25) is 5.91 Å². The third kappa shape index (κ3) is 4.49. The van der Waals surface area contributed by atoms with Crippen LogP contribution in [0, 0.1) is 11.6 Å². The van der Waals surface area contributed by atoms with Crippen molar-refractivity contribution in [3.05, 3.63) is 35.4 Å². The Morgan fingerprint density at radius 2 is 1.90 bits per heavy atom. The van der Waals surface area contributed by atoms with Crippen LogP contribution >= 0.6 is 0 Å². The van der Waals surface area contributed by atoms with E-state index in [1.165, 1.54) is 31.0 Å². The van der Waals surface area contributed by atoms with Crippen LogP contribution in [0.5, 0.6) is 0 Å². The van der Waals surface area contributed by atoms with Crippen molar-refractivity contribution in [1.82, 2.24) is 10.6 Å². The van der Waals surface area contributed by atoms with E-state index in [0.29, 0.717) is 19.0 Å². The van der Waals surface area contributed by atoms with Gasteiger partial charge in [-0.1, -0.05) is 18.9 Å². The van der Waals surface area contributed by atoms with Gasteiger partial charge in [0.25, 0.3) is 0 Å². The van der Waals surface area contributed by atoms with Crippen LogP contribution < -0.4 is 10.6 Å². The summed E-state index contributed by atoms with van der Waals surface area (Å²) in [5.41, 5.74) is 0.0219. The van der Waals surface area contributed by atoms with Gasteiger partial charge in [-0.2, -0.15) is 0 Å². The SMILES string of the molecule is C[C@@H](NCCC(=O)NC1CCCC1)c1c(F)cccc1F. The minimum atomic E-state index is -0.564. The van der Waals surface area contributed by atoms with Gasteiger partial charge in [-0.05, 0) is 31.9 Å². The average molecular weight is 296 g/mol. The second kappa shape index (κ2) is 7.50. The van der Waals surface area contributed by atoms with Crippen LogP contribution in [-0.2, 0) is 4.79 Å². The van der Waals surface area contributed by atoms with Crippen LogP contribution in [0.1, 0.15) is 50.6 Å². The molecule has 1 aliphatic rings. The van der Waals surface area contributed by atoms with E-state index in [9.17, 15) is 13.6 Å². The highest BCUT2D eigenvalue weighted by atomic mass is 19.1. The molecule has 0 saturated heterocycles. The van der Waals surface area contributed by atoms with Gasteiger partial charge in [-0.15, -0.1) is 0 Å². The number of hydrogen-bond acceptors (Lipinski definition) is 2. The van der Waals surface area contributed by atoms with Gasteiger partial charge >= 0.3 is 0 Å². The minimum Gasteiger partial charge on any atom is -0.353 e. The van der Waals surface area contributed by atoms with Crippen molar-refractivity contribution in [2.45, 2.75) is 51.1 Å². The van der Waals surface area contributed by atoms with Crippen molar-refractivity contribution in [3.63, 3.8) is 0 Å². The van der Waals surface area contributed by atoms with Crippen LogP contribution in [0.25, 0.3) is 0 Å². The van der Waals surface area contributed by atoms with E-state index in [1.807, 2.05) is 0 Å². The summed E-state index contributed by atoms with van der Waals surface area (Å²) in [4.78, 5) is 11.8. The smallest absolute Gasteiger partial charge is 0.221 e. The van der Waals surface area contributed by atoms with E-state index in [0.717, 1.165) is 12.8 Å². The number of nitrogens with one attached hydrogen (secondary N) is 2. The summed E-state index contributed by atoms with van der Waals surface area (Å²) >= 11 is 0. The molecule has 116 valence electrons. The van der Waals surface area contributed by atoms with Crippen molar-refractivity contribution in [2.75, 3.05) is 6.54 Å². The zero-order valence-corrected chi connectivity index (χ0v) is 12.3. The number of rotatable bonds is 6. The lowest BCUT2D eigenvalue weighted by molar-refractivity contribution is -0.121. The van der Waals surface area contributed by atoms with Gasteiger partial charge in [0, 0.05) is 30.6 Å². The zero-order valence-electron chi connectivity index (χ0n) is 12.3. The molecule has 1 fully saturated rings. The highest BCUT2D eigenvalue weighted by Gasteiger charge is 2.18. The predicted molar refractivity (Wildman–Crippen MR) is 77.8 cm³/mol. The molecular weight excluding hydrogens is 274 g/mol. The number of amides is 1. The normalized spacial score (nSPS) is 16.9.